The zero-order valence-electron chi connectivity index (χ0n) is 12.0. The summed E-state index contributed by atoms with van der Waals surface area (Å²) in [7, 11) is 1.94. The normalized spacial score (nSPS) is 29.8. The number of rotatable bonds is 2. The number of hydrogen-bond acceptors (Lipinski definition) is 2. The molecule has 2 atom stereocenters. The Balaban J connectivity index is 1.74. The van der Waals surface area contributed by atoms with Crippen LogP contribution in [0.1, 0.15) is 19.4 Å². The molecule has 3 nitrogen and oxygen atoms in total. The monoisotopic (exact) mass is 258 g/mol. The molecule has 0 spiro atoms. The van der Waals surface area contributed by atoms with Gasteiger partial charge in [0.25, 0.3) is 0 Å². The molecule has 2 aliphatic rings. The van der Waals surface area contributed by atoms with Crippen LogP contribution >= 0.6 is 0 Å². The summed E-state index contributed by atoms with van der Waals surface area (Å²) < 4.78 is 0. The van der Waals surface area contributed by atoms with E-state index in [1.807, 2.05) is 18.0 Å². The van der Waals surface area contributed by atoms with Gasteiger partial charge in [-0.05, 0) is 11.0 Å². The van der Waals surface area contributed by atoms with Crippen LogP contribution in [0, 0.1) is 11.3 Å². The summed E-state index contributed by atoms with van der Waals surface area (Å²) in [4.78, 5) is 16.3. The molecule has 0 N–H and O–H groups in total. The number of carbonyl (C=O) groups excluding carboxylic acids is 1. The van der Waals surface area contributed by atoms with Gasteiger partial charge in [-0.3, -0.25) is 9.69 Å². The van der Waals surface area contributed by atoms with Gasteiger partial charge >= 0.3 is 0 Å². The summed E-state index contributed by atoms with van der Waals surface area (Å²) in [6.45, 7) is 7.48. The summed E-state index contributed by atoms with van der Waals surface area (Å²) in [6.07, 6.45) is 0. The van der Waals surface area contributed by atoms with E-state index in [-0.39, 0.29) is 11.3 Å². The third-order valence-electron chi connectivity index (χ3n) is 4.60. The lowest BCUT2D eigenvalue weighted by Gasteiger charge is -2.58. The molecule has 0 saturated carbocycles. The summed E-state index contributed by atoms with van der Waals surface area (Å²) in [5, 5.41) is 0. The fourth-order valence-corrected chi connectivity index (χ4v) is 3.94. The fraction of sp³-hybridized carbons (Fsp3) is 0.562. The van der Waals surface area contributed by atoms with Crippen molar-refractivity contribution in [1.82, 2.24) is 9.80 Å². The molecule has 1 aromatic rings. The van der Waals surface area contributed by atoms with Crippen molar-refractivity contribution < 1.29 is 4.79 Å². The van der Waals surface area contributed by atoms with Crippen molar-refractivity contribution >= 4 is 5.91 Å². The Morgan fingerprint density at radius 3 is 2.63 bits per heavy atom. The second-order valence-corrected chi connectivity index (χ2v) is 6.64. The van der Waals surface area contributed by atoms with Crippen LogP contribution in [0.2, 0.25) is 0 Å². The zero-order valence-corrected chi connectivity index (χ0v) is 12.0. The van der Waals surface area contributed by atoms with Gasteiger partial charge in [0, 0.05) is 26.7 Å². The Bertz CT molecular complexity index is 483. The minimum atomic E-state index is 0.181. The average molecular weight is 258 g/mol. The van der Waals surface area contributed by atoms with E-state index >= 15 is 0 Å². The number of piperidine rings is 1. The van der Waals surface area contributed by atoms with E-state index in [0.717, 1.165) is 19.6 Å². The Morgan fingerprint density at radius 1 is 1.26 bits per heavy atom. The maximum Gasteiger partial charge on any atom is 0.229 e. The lowest BCUT2D eigenvalue weighted by molar-refractivity contribution is -0.172. The highest BCUT2D eigenvalue weighted by Gasteiger charge is 2.55. The molecule has 1 amide bonds. The number of nitrogens with zero attached hydrogens (tertiary/aromatic N) is 2. The van der Waals surface area contributed by atoms with E-state index in [4.69, 9.17) is 0 Å². The molecule has 0 bridgehead atoms. The van der Waals surface area contributed by atoms with Crippen LogP contribution in [-0.2, 0) is 11.3 Å². The molecular formula is C16H22N2O. The van der Waals surface area contributed by atoms with Crippen LogP contribution in [0.15, 0.2) is 30.3 Å². The molecule has 2 heterocycles. The van der Waals surface area contributed by atoms with Crippen molar-refractivity contribution in [2.45, 2.75) is 26.4 Å². The number of β-lactam (4-membered cyclic amide) rings is 1. The predicted octanol–water partition coefficient (Wildman–Crippen LogP) is 1.99. The van der Waals surface area contributed by atoms with E-state index in [9.17, 15) is 4.79 Å². The first-order valence-corrected chi connectivity index (χ1v) is 7.02. The first-order valence-electron chi connectivity index (χ1n) is 7.02. The molecule has 0 aliphatic carbocycles. The lowest BCUT2D eigenvalue weighted by Crippen LogP contribution is -2.71. The predicted molar refractivity (Wildman–Crippen MR) is 75.5 cm³/mol. The van der Waals surface area contributed by atoms with Gasteiger partial charge in [-0.1, -0.05) is 44.2 Å². The summed E-state index contributed by atoms with van der Waals surface area (Å²) >= 11 is 0. The molecule has 3 rings (SSSR count). The van der Waals surface area contributed by atoms with Crippen molar-refractivity contribution in [3.05, 3.63) is 35.9 Å². The molecule has 1 aromatic carbocycles. The van der Waals surface area contributed by atoms with E-state index in [1.54, 1.807) is 0 Å². The van der Waals surface area contributed by atoms with Crippen molar-refractivity contribution in [3.63, 3.8) is 0 Å². The highest BCUT2D eigenvalue weighted by molar-refractivity contribution is 5.86. The topological polar surface area (TPSA) is 23.6 Å². The third-order valence-corrected chi connectivity index (χ3v) is 4.60. The van der Waals surface area contributed by atoms with Crippen molar-refractivity contribution in [1.29, 1.82) is 0 Å². The highest BCUT2D eigenvalue weighted by atomic mass is 16.2. The molecule has 3 heteroatoms. The van der Waals surface area contributed by atoms with Crippen LogP contribution in [0.25, 0.3) is 0 Å². The molecule has 19 heavy (non-hydrogen) atoms. The minimum absolute atomic E-state index is 0.181. The molecule has 2 aliphatic heterocycles. The average Bonchev–Trinajstić information content (AvgIpc) is 2.37. The second-order valence-electron chi connectivity index (χ2n) is 6.64. The first kappa shape index (κ1) is 12.7. The van der Waals surface area contributed by atoms with Gasteiger partial charge in [-0.2, -0.15) is 0 Å². The first-order chi connectivity index (χ1) is 8.99. The highest BCUT2D eigenvalue weighted by Crippen LogP contribution is 2.43. The molecule has 2 fully saturated rings. The number of fused-ring (bicyclic) bond motifs is 1. The second kappa shape index (κ2) is 4.34. The van der Waals surface area contributed by atoms with E-state index in [2.05, 4.69) is 43.0 Å². The van der Waals surface area contributed by atoms with Gasteiger partial charge in [-0.25, -0.2) is 0 Å². The smallest absolute Gasteiger partial charge is 0.229 e. The number of carbonyl (C=O) groups is 1. The van der Waals surface area contributed by atoms with Gasteiger partial charge < -0.3 is 4.90 Å². The van der Waals surface area contributed by atoms with Gasteiger partial charge in [-0.15, -0.1) is 0 Å². The minimum Gasteiger partial charge on any atom is -0.341 e. The fourth-order valence-electron chi connectivity index (χ4n) is 3.94. The van der Waals surface area contributed by atoms with Gasteiger partial charge in [0.1, 0.15) is 0 Å². The Hall–Kier alpha value is -1.35. The number of benzene rings is 1. The largest absolute Gasteiger partial charge is 0.341 e. The van der Waals surface area contributed by atoms with Crippen molar-refractivity contribution in [2.75, 3.05) is 20.1 Å². The molecule has 2 saturated heterocycles. The molecular weight excluding hydrogens is 236 g/mol. The van der Waals surface area contributed by atoms with E-state index < -0.39 is 0 Å². The Morgan fingerprint density at radius 2 is 1.95 bits per heavy atom. The Kier molecular flexibility index (Phi) is 2.90. The zero-order chi connectivity index (χ0) is 13.6. The molecule has 0 aromatic heterocycles. The van der Waals surface area contributed by atoms with Crippen LogP contribution in [0.4, 0.5) is 0 Å². The van der Waals surface area contributed by atoms with E-state index in [0.29, 0.717) is 11.9 Å². The molecule has 0 radical (unpaired) electrons. The van der Waals surface area contributed by atoms with Gasteiger partial charge in [0.15, 0.2) is 0 Å². The SMILES string of the molecule is CN1C(=O)[C@H]2CN(Cc3ccccc3)CC(C)(C)[C@H]21. The van der Waals surface area contributed by atoms with Gasteiger partial charge in [0.2, 0.25) is 5.91 Å². The van der Waals surface area contributed by atoms with Gasteiger partial charge in [0.05, 0.1) is 12.0 Å². The lowest BCUT2D eigenvalue weighted by atomic mass is 9.67. The van der Waals surface area contributed by atoms with Crippen molar-refractivity contribution in [3.8, 4) is 0 Å². The maximum absolute atomic E-state index is 12.0. The summed E-state index contributed by atoms with van der Waals surface area (Å²) in [6, 6.07) is 10.9. The molecule has 102 valence electrons. The Labute approximate surface area is 115 Å². The van der Waals surface area contributed by atoms with E-state index in [1.165, 1.54) is 5.56 Å². The van der Waals surface area contributed by atoms with Crippen LogP contribution in [0.5, 0.6) is 0 Å². The summed E-state index contributed by atoms with van der Waals surface area (Å²) in [5.41, 5.74) is 1.51. The quantitative estimate of drug-likeness (QED) is 0.757. The number of hydrogen-bond donors (Lipinski definition) is 0. The van der Waals surface area contributed by atoms with Crippen molar-refractivity contribution in [2.24, 2.45) is 11.3 Å². The van der Waals surface area contributed by atoms with Crippen LogP contribution in [0.3, 0.4) is 0 Å². The number of likely N-dealkylation sites (tertiary alicyclic amines) is 2. The molecule has 0 unspecified atom stereocenters. The third kappa shape index (κ3) is 2.06. The number of amides is 1. The van der Waals surface area contributed by atoms with Crippen LogP contribution in [-0.4, -0.2) is 41.9 Å². The summed E-state index contributed by atoms with van der Waals surface area (Å²) in [5.74, 6) is 0.522. The van der Waals surface area contributed by atoms with Crippen LogP contribution < -0.4 is 0 Å². The standard InChI is InChI=1S/C16H22N2O/c1-16(2)11-18(9-12-7-5-4-6-8-12)10-13-14(16)17(3)15(13)19/h4-8,13-14H,9-11H2,1-3H3/t13-,14-/m0/s1. The maximum atomic E-state index is 12.0.